The van der Waals surface area contributed by atoms with Crippen LogP contribution in [0, 0.1) is 5.92 Å². The molecule has 21 heavy (non-hydrogen) atoms. The summed E-state index contributed by atoms with van der Waals surface area (Å²) in [4.78, 5) is 2.53. The van der Waals surface area contributed by atoms with Gasteiger partial charge in [0.25, 0.3) is 0 Å². The number of benzene rings is 2. The SMILES string of the molecule is CC(C)CC/C(=C/[Se]c1ccccc1)[Se]c1ccccc1. The molecule has 0 heterocycles. The Bertz CT molecular complexity index is 544. The molecule has 110 valence electrons. The molecule has 0 aliphatic rings. The minimum absolute atomic E-state index is 0.462. The third-order valence-corrected chi connectivity index (χ3v) is 8.06. The van der Waals surface area contributed by atoms with Crippen molar-refractivity contribution in [3.8, 4) is 0 Å². The van der Waals surface area contributed by atoms with E-state index in [0.29, 0.717) is 29.9 Å². The van der Waals surface area contributed by atoms with Gasteiger partial charge in [0.2, 0.25) is 0 Å². The van der Waals surface area contributed by atoms with Gasteiger partial charge in [0, 0.05) is 0 Å². The molecule has 0 atom stereocenters. The molecule has 0 N–H and O–H groups in total. The van der Waals surface area contributed by atoms with E-state index in [1.807, 2.05) is 0 Å². The summed E-state index contributed by atoms with van der Waals surface area (Å²) in [6.07, 6.45) is 2.55. The normalized spacial score (nSPS) is 11.9. The molecule has 0 saturated heterocycles. The van der Waals surface area contributed by atoms with Gasteiger partial charge in [0.1, 0.15) is 0 Å². The molecule has 2 aromatic carbocycles. The summed E-state index contributed by atoms with van der Waals surface area (Å²) in [6.45, 7) is 4.63. The van der Waals surface area contributed by atoms with Gasteiger partial charge in [-0.1, -0.05) is 0 Å². The molecule has 0 aliphatic carbocycles. The van der Waals surface area contributed by atoms with E-state index in [1.165, 1.54) is 21.8 Å². The number of hydrogen-bond acceptors (Lipinski definition) is 0. The van der Waals surface area contributed by atoms with Gasteiger partial charge >= 0.3 is 142 Å². The van der Waals surface area contributed by atoms with Crippen molar-refractivity contribution in [2.75, 3.05) is 0 Å². The first-order chi connectivity index (χ1) is 10.2. The fourth-order valence-corrected chi connectivity index (χ4v) is 6.17. The van der Waals surface area contributed by atoms with E-state index >= 15 is 0 Å². The first-order valence-corrected chi connectivity index (χ1v) is 10.9. The molecule has 0 fully saturated rings. The number of rotatable bonds is 7. The molecule has 0 radical (unpaired) electrons. The van der Waals surface area contributed by atoms with E-state index in [0.717, 1.165) is 5.92 Å². The van der Waals surface area contributed by atoms with Crippen molar-refractivity contribution in [2.24, 2.45) is 5.92 Å². The molecular weight excluding hydrogens is 386 g/mol. The summed E-state index contributed by atoms with van der Waals surface area (Å²) >= 11 is 0.941. The van der Waals surface area contributed by atoms with Crippen molar-refractivity contribution in [3.05, 3.63) is 70.1 Å². The Balaban J connectivity index is 2.04. The van der Waals surface area contributed by atoms with Gasteiger partial charge in [-0.25, -0.2) is 0 Å². The third-order valence-electron chi connectivity index (χ3n) is 3.03. The first kappa shape index (κ1) is 16.6. The molecule has 0 unspecified atom stereocenters. The van der Waals surface area contributed by atoms with Crippen molar-refractivity contribution >= 4 is 38.8 Å². The van der Waals surface area contributed by atoms with E-state index in [4.69, 9.17) is 0 Å². The predicted molar refractivity (Wildman–Crippen MR) is 95.8 cm³/mol. The van der Waals surface area contributed by atoms with Gasteiger partial charge in [0.15, 0.2) is 0 Å². The van der Waals surface area contributed by atoms with Gasteiger partial charge in [-0.05, 0) is 0 Å². The zero-order chi connectivity index (χ0) is 14.9. The quantitative estimate of drug-likeness (QED) is 0.617. The molecule has 0 spiro atoms. The molecule has 2 rings (SSSR count). The molecule has 2 heteroatoms. The van der Waals surface area contributed by atoms with Crippen molar-refractivity contribution in [1.29, 1.82) is 0 Å². The van der Waals surface area contributed by atoms with E-state index in [2.05, 4.69) is 79.5 Å². The molecular formula is C19H22Se2. The Morgan fingerprint density at radius 2 is 1.48 bits per heavy atom. The number of hydrogen-bond donors (Lipinski definition) is 0. The number of allylic oxidation sites excluding steroid dienone is 1. The molecule has 2 aromatic rings. The second kappa shape index (κ2) is 9.28. The van der Waals surface area contributed by atoms with Crippen LogP contribution in [0.2, 0.25) is 0 Å². The van der Waals surface area contributed by atoms with Crippen LogP contribution in [0.1, 0.15) is 26.7 Å². The summed E-state index contributed by atoms with van der Waals surface area (Å²) < 4.78 is 4.62. The van der Waals surface area contributed by atoms with Crippen LogP contribution in [0.15, 0.2) is 70.1 Å². The second-order valence-corrected chi connectivity index (χ2v) is 9.86. The first-order valence-electron chi connectivity index (χ1n) is 7.37. The van der Waals surface area contributed by atoms with E-state index in [1.54, 1.807) is 4.47 Å². The van der Waals surface area contributed by atoms with Crippen molar-refractivity contribution in [2.45, 2.75) is 26.7 Å². The van der Waals surface area contributed by atoms with Crippen LogP contribution in [0.3, 0.4) is 0 Å². The summed E-state index contributed by atoms with van der Waals surface area (Å²) in [5, 5.41) is 0. The average molecular weight is 408 g/mol. The van der Waals surface area contributed by atoms with Gasteiger partial charge < -0.3 is 0 Å². The predicted octanol–water partition coefficient (Wildman–Crippen LogP) is 3.32. The van der Waals surface area contributed by atoms with Crippen LogP contribution >= 0.6 is 0 Å². The zero-order valence-electron chi connectivity index (χ0n) is 12.7. The molecule has 0 bridgehead atoms. The fourth-order valence-electron chi connectivity index (χ4n) is 1.84. The van der Waals surface area contributed by atoms with Crippen LogP contribution in [0.5, 0.6) is 0 Å². The third kappa shape index (κ3) is 6.67. The van der Waals surface area contributed by atoms with Crippen LogP contribution in [-0.2, 0) is 0 Å². The summed E-state index contributed by atoms with van der Waals surface area (Å²) in [7, 11) is 0. The van der Waals surface area contributed by atoms with E-state index in [9.17, 15) is 0 Å². The molecule has 0 saturated carbocycles. The standard InChI is InChI=1S/C19H22Se2/c1-16(2)13-14-19(21-18-11-7-4-8-12-18)15-20-17-9-5-3-6-10-17/h3-12,15-16H,13-14H2,1-2H3/b19-15-. The van der Waals surface area contributed by atoms with E-state index in [-0.39, 0.29) is 0 Å². The zero-order valence-corrected chi connectivity index (χ0v) is 16.1. The van der Waals surface area contributed by atoms with Crippen molar-refractivity contribution in [3.63, 3.8) is 0 Å². The maximum absolute atomic E-state index is 2.53. The topological polar surface area (TPSA) is 0 Å². The Morgan fingerprint density at radius 1 is 0.905 bits per heavy atom. The van der Waals surface area contributed by atoms with Gasteiger partial charge in [0.05, 0.1) is 0 Å². The van der Waals surface area contributed by atoms with Gasteiger partial charge in [-0.2, -0.15) is 0 Å². The Kier molecular flexibility index (Phi) is 7.33. The summed E-state index contributed by atoms with van der Waals surface area (Å²) in [5.74, 6) is 0.782. The fraction of sp³-hybridized carbons (Fsp3) is 0.263. The van der Waals surface area contributed by atoms with Crippen LogP contribution < -0.4 is 8.92 Å². The van der Waals surface area contributed by atoms with Crippen molar-refractivity contribution in [1.82, 2.24) is 0 Å². The maximum atomic E-state index is 2.53. The monoisotopic (exact) mass is 410 g/mol. The second-order valence-electron chi connectivity index (χ2n) is 5.36. The Labute approximate surface area is 141 Å². The average Bonchev–Trinajstić information content (AvgIpc) is 2.52. The van der Waals surface area contributed by atoms with E-state index < -0.39 is 0 Å². The molecule has 0 amide bonds. The van der Waals surface area contributed by atoms with Crippen LogP contribution in [0.25, 0.3) is 0 Å². The van der Waals surface area contributed by atoms with Crippen LogP contribution in [-0.4, -0.2) is 29.9 Å². The molecule has 0 aliphatic heterocycles. The molecule has 0 aromatic heterocycles. The summed E-state index contributed by atoms with van der Waals surface area (Å²) in [5.41, 5.74) is 0. The Hall–Kier alpha value is -0.781. The minimum atomic E-state index is 0.462. The molecule has 0 nitrogen and oxygen atoms in total. The van der Waals surface area contributed by atoms with Crippen molar-refractivity contribution < 1.29 is 0 Å². The Morgan fingerprint density at radius 3 is 2.05 bits per heavy atom. The summed E-state index contributed by atoms with van der Waals surface area (Å²) in [6, 6.07) is 21.8. The van der Waals surface area contributed by atoms with Gasteiger partial charge in [-0.3, -0.25) is 0 Å². The van der Waals surface area contributed by atoms with Crippen LogP contribution in [0.4, 0.5) is 0 Å². The van der Waals surface area contributed by atoms with Gasteiger partial charge in [-0.15, -0.1) is 0 Å².